The van der Waals surface area contributed by atoms with E-state index in [4.69, 9.17) is 4.74 Å². The van der Waals surface area contributed by atoms with Gasteiger partial charge in [0.15, 0.2) is 5.96 Å². The summed E-state index contributed by atoms with van der Waals surface area (Å²) in [4.78, 5) is 15.9. The number of amides is 1. The van der Waals surface area contributed by atoms with Gasteiger partial charge in [0.05, 0.1) is 19.2 Å². The van der Waals surface area contributed by atoms with Crippen molar-refractivity contribution in [1.29, 1.82) is 0 Å². The molecule has 1 aromatic carbocycles. The fraction of sp³-hybridized carbons (Fsp3) is 0.556. The van der Waals surface area contributed by atoms with Crippen LogP contribution < -0.4 is 16.0 Å². The molecule has 1 amide bonds. The van der Waals surface area contributed by atoms with Gasteiger partial charge in [0.2, 0.25) is 0 Å². The van der Waals surface area contributed by atoms with Gasteiger partial charge in [-0.1, -0.05) is 0 Å². The SMILES string of the molecule is CCNC(=NCc1cc(F)ccc1F)NCC(NC(=O)OCC)C1CC1.I. The van der Waals surface area contributed by atoms with E-state index in [-0.39, 0.29) is 42.1 Å². The Labute approximate surface area is 175 Å². The standard InChI is InChI=1S/C18H26F2N4O2.HI/c1-3-21-17(22-10-13-9-14(19)7-8-15(13)20)23-11-16(12-5-6-12)24-18(25)26-4-2;/h7-9,12,16H,3-6,10-11H2,1-2H3,(H,24,25)(H2,21,22,23);1H. The molecule has 0 spiro atoms. The maximum atomic E-state index is 13.7. The normalized spacial score (nSPS) is 14.7. The highest BCUT2D eigenvalue weighted by molar-refractivity contribution is 14.0. The summed E-state index contributed by atoms with van der Waals surface area (Å²) in [6.45, 7) is 5.09. The Morgan fingerprint density at radius 1 is 1.30 bits per heavy atom. The summed E-state index contributed by atoms with van der Waals surface area (Å²) in [6.07, 6.45) is 1.68. The van der Waals surface area contributed by atoms with Gasteiger partial charge in [-0.25, -0.2) is 18.6 Å². The van der Waals surface area contributed by atoms with Gasteiger partial charge >= 0.3 is 6.09 Å². The van der Waals surface area contributed by atoms with E-state index < -0.39 is 17.7 Å². The summed E-state index contributed by atoms with van der Waals surface area (Å²) >= 11 is 0. The number of guanidine groups is 1. The number of hydrogen-bond donors (Lipinski definition) is 3. The second-order valence-corrected chi connectivity index (χ2v) is 6.12. The Bertz CT molecular complexity index is 642. The first-order valence-electron chi connectivity index (χ1n) is 8.92. The molecular formula is C18H27F2IN4O2. The largest absolute Gasteiger partial charge is 0.450 e. The van der Waals surface area contributed by atoms with Crippen molar-refractivity contribution < 1.29 is 18.3 Å². The molecule has 9 heteroatoms. The van der Waals surface area contributed by atoms with E-state index in [9.17, 15) is 13.6 Å². The van der Waals surface area contributed by atoms with Crippen molar-refractivity contribution in [3.63, 3.8) is 0 Å². The zero-order chi connectivity index (χ0) is 18.9. The lowest BCUT2D eigenvalue weighted by molar-refractivity contribution is 0.146. The van der Waals surface area contributed by atoms with Gasteiger partial charge in [0, 0.05) is 18.7 Å². The highest BCUT2D eigenvalue weighted by atomic mass is 127. The first-order chi connectivity index (χ1) is 12.5. The molecule has 2 rings (SSSR count). The van der Waals surface area contributed by atoms with Crippen molar-refractivity contribution in [3.05, 3.63) is 35.4 Å². The van der Waals surface area contributed by atoms with Crippen LogP contribution in [0, 0.1) is 17.6 Å². The molecule has 0 aromatic heterocycles. The number of aliphatic imine (C=N–C) groups is 1. The molecule has 27 heavy (non-hydrogen) atoms. The van der Waals surface area contributed by atoms with Gasteiger partial charge < -0.3 is 20.7 Å². The van der Waals surface area contributed by atoms with E-state index in [1.54, 1.807) is 6.92 Å². The number of nitrogens with one attached hydrogen (secondary N) is 3. The van der Waals surface area contributed by atoms with Crippen LogP contribution in [0.3, 0.4) is 0 Å². The third kappa shape index (κ3) is 8.27. The highest BCUT2D eigenvalue weighted by Gasteiger charge is 2.32. The third-order valence-electron chi connectivity index (χ3n) is 4.02. The molecule has 1 unspecified atom stereocenters. The number of rotatable bonds is 8. The van der Waals surface area contributed by atoms with Crippen molar-refractivity contribution in [1.82, 2.24) is 16.0 Å². The predicted octanol–water partition coefficient (Wildman–Crippen LogP) is 3.16. The molecule has 1 saturated carbocycles. The topological polar surface area (TPSA) is 74.8 Å². The number of carbonyl (C=O) groups excluding carboxylic acids is 1. The quantitative estimate of drug-likeness (QED) is 0.294. The minimum absolute atomic E-state index is 0. The van der Waals surface area contributed by atoms with Crippen LogP contribution in [0.1, 0.15) is 32.3 Å². The van der Waals surface area contributed by atoms with Gasteiger partial charge in [-0.3, -0.25) is 0 Å². The molecule has 1 fully saturated rings. The van der Waals surface area contributed by atoms with E-state index in [0.717, 1.165) is 31.0 Å². The molecule has 0 radical (unpaired) electrons. The smallest absolute Gasteiger partial charge is 0.407 e. The van der Waals surface area contributed by atoms with Crippen molar-refractivity contribution in [2.75, 3.05) is 19.7 Å². The van der Waals surface area contributed by atoms with Crippen LogP contribution in [-0.4, -0.2) is 37.8 Å². The zero-order valence-corrected chi connectivity index (χ0v) is 17.9. The lowest BCUT2D eigenvalue weighted by atomic mass is 10.2. The first kappa shape index (κ1) is 23.4. The molecule has 0 bridgehead atoms. The molecule has 6 nitrogen and oxygen atoms in total. The third-order valence-corrected chi connectivity index (χ3v) is 4.02. The zero-order valence-electron chi connectivity index (χ0n) is 15.6. The van der Waals surface area contributed by atoms with Crippen molar-refractivity contribution >= 4 is 36.0 Å². The van der Waals surface area contributed by atoms with Crippen molar-refractivity contribution in [3.8, 4) is 0 Å². The fourth-order valence-electron chi connectivity index (χ4n) is 2.54. The molecule has 1 aliphatic carbocycles. The summed E-state index contributed by atoms with van der Waals surface area (Å²) < 4.78 is 31.9. The lowest BCUT2D eigenvalue weighted by Crippen LogP contribution is -2.48. The van der Waals surface area contributed by atoms with Crippen LogP contribution in [0.25, 0.3) is 0 Å². The van der Waals surface area contributed by atoms with Crippen LogP contribution in [-0.2, 0) is 11.3 Å². The van der Waals surface area contributed by atoms with E-state index in [0.29, 0.717) is 31.6 Å². The molecule has 1 aromatic rings. The average molecular weight is 496 g/mol. The second kappa shape index (κ2) is 11.9. The van der Waals surface area contributed by atoms with Crippen LogP contribution in [0.4, 0.5) is 13.6 Å². The first-order valence-corrected chi connectivity index (χ1v) is 8.92. The summed E-state index contributed by atoms with van der Waals surface area (Å²) in [6, 6.07) is 3.24. The minimum Gasteiger partial charge on any atom is -0.450 e. The number of nitrogens with zero attached hydrogens (tertiary/aromatic N) is 1. The number of carbonyl (C=O) groups is 1. The van der Waals surface area contributed by atoms with Crippen molar-refractivity contribution in [2.45, 2.75) is 39.3 Å². The number of alkyl carbamates (subject to hydrolysis) is 1. The second-order valence-electron chi connectivity index (χ2n) is 6.12. The molecule has 0 aliphatic heterocycles. The summed E-state index contributed by atoms with van der Waals surface area (Å²) in [7, 11) is 0. The fourth-order valence-corrected chi connectivity index (χ4v) is 2.54. The minimum atomic E-state index is -0.498. The molecular weight excluding hydrogens is 469 g/mol. The van der Waals surface area contributed by atoms with Crippen LogP contribution in [0.15, 0.2) is 23.2 Å². The number of hydrogen-bond acceptors (Lipinski definition) is 3. The monoisotopic (exact) mass is 496 g/mol. The average Bonchev–Trinajstić information content (AvgIpc) is 3.44. The molecule has 152 valence electrons. The van der Waals surface area contributed by atoms with E-state index in [1.807, 2.05) is 6.92 Å². The number of halogens is 3. The maximum absolute atomic E-state index is 13.7. The van der Waals surface area contributed by atoms with Crippen LogP contribution >= 0.6 is 24.0 Å². The number of benzene rings is 1. The molecule has 3 N–H and O–H groups in total. The van der Waals surface area contributed by atoms with E-state index >= 15 is 0 Å². The Morgan fingerprint density at radius 3 is 2.67 bits per heavy atom. The van der Waals surface area contributed by atoms with Crippen LogP contribution in [0.5, 0.6) is 0 Å². The van der Waals surface area contributed by atoms with E-state index in [1.165, 1.54) is 0 Å². The van der Waals surface area contributed by atoms with Gasteiger partial charge in [-0.2, -0.15) is 0 Å². The summed E-state index contributed by atoms with van der Waals surface area (Å²) in [5.74, 6) is -0.101. The molecule has 1 aliphatic rings. The predicted molar refractivity (Wildman–Crippen MR) is 111 cm³/mol. The maximum Gasteiger partial charge on any atom is 0.407 e. The Balaban J connectivity index is 0.00000364. The summed E-state index contributed by atoms with van der Waals surface area (Å²) in [5.41, 5.74) is 0.186. The van der Waals surface area contributed by atoms with Gasteiger partial charge in [0.25, 0.3) is 0 Å². The highest BCUT2D eigenvalue weighted by Crippen LogP contribution is 2.32. The van der Waals surface area contributed by atoms with Gasteiger partial charge in [0.1, 0.15) is 11.6 Å². The van der Waals surface area contributed by atoms with Crippen LogP contribution in [0.2, 0.25) is 0 Å². The Hall–Kier alpha value is -1.65. The molecule has 0 saturated heterocycles. The molecule has 1 atom stereocenters. The van der Waals surface area contributed by atoms with E-state index in [2.05, 4.69) is 20.9 Å². The molecule has 0 heterocycles. The van der Waals surface area contributed by atoms with Gasteiger partial charge in [-0.05, 0) is 50.8 Å². The lowest BCUT2D eigenvalue weighted by Gasteiger charge is -2.20. The van der Waals surface area contributed by atoms with Gasteiger partial charge in [-0.15, -0.1) is 24.0 Å². The Kier molecular flexibility index (Phi) is 10.3. The Morgan fingerprint density at radius 2 is 2.04 bits per heavy atom. The van der Waals surface area contributed by atoms with Crippen molar-refractivity contribution in [2.24, 2.45) is 10.9 Å². The summed E-state index contributed by atoms with van der Waals surface area (Å²) in [5, 5.41) is 9.06. The number of ether oxygens (including phenoxy) is 1.